The number of hydrogen-bond acceptors (Lipinski definition) is 5. The van der Waals surface area contributed by atoms with Crippen molar-refractivity contribution < 1.29 is 18.8 Å². The molecular formula is C20H20N2O4. The van der Waals surface area contributed by atoms with E-state index in [2.05, 4.69) is 10.5 Å². The number of aryl methyl sites for hydroxylation is 1. The number of para-hydroxylation sites is 1. The van der Waals surface area contributed by atoms with Crippen LogP contribution in [0.25, 0.3) is 11.3 Å². The predicted octanol–water partition coefficient (Wildman–Crippen LogP) is 3.60. The Labute approximate surface area is 151 Å². The van der Waals surface area contributed by atoms with Gasteiger partial charge in [0, 0.05) is 11.6 Å². The van der Waals surface area contributed by atoms with Gasteiger partial charge in [-0.25, -0.2) is 0 Å². The number of rotatable bonds is 6. The van der Waals surface area contributed by atoms with Gasteiger partial charge in [-0.1, -0.05) is 41.1 Å². The smallest absolute Gasteiger partial charge is 0.255 e. The monoisotopic (exact) mass is 352 g/mol. The van der Waals surface area contributed by atoms with E-state index in [1.54, 1.807) is 18.2 Å². The largest absolute Gasteiger partial charge is 0.493 e. The van der Waals surface area contributed by atoms with Crippen molar-refractivity contribution in [2.75, 3.05) is 14.2 Å². The molecule has 6 nitrogen and oxygen atoms in total. The maximum Gasteiger partial charge on any atom is 0.255 e. The molecule has 0 atom stereocenters. The molecule has 26 heavy (non-hydrogen) atoms. The standard InChI is InChI=1S/C20H20N2O4/c1-13-7-9-14(10-8-13)18-11-15(22-26-18)12-21-20(23)16-5-4-6-17(24-2)19(16)25-3/h4-11H,12H2,1-3H3,(H,21,23). The number of ether oxygens (including phenoxy) is 2. The number of nitrogens with one attached hydrogen (secondary N) is 1. The van der Waals surface area contributed by atoms with E-state index >= 15 is 0 Å². The molecule has 1 N–H and O–H groups in total. The molecule has 0 aliphatic carbocycles. The van der Waals surface area contributed by atoms with Crippen LogP contribution in [0, 0.1) is 6.92 Å². The Kier molecular flexibility index (Phi) is 5.22. The maximum atomic E-state index is 12.5. The van der Waals surface area contributed by atoms with Gasteiger partial charge in [0.1, 0.15) is 5.69 Å². The molecule has 0 bridgehead atoms. The molecule has 2 aromatic carbocycles. The summed E-state index contributed by atoms with van der Waals surface area (Å²) in [7, 11) is 3.03. The summed E-state index contributed by atoms with van der Waals surface area (Å²) in [6.07, 6.45) is 0. The van der Waals surface area contributed by atoms with Crippen molar-refractivity contribution in [1.29, 1.82) is 0 Å². The van der Waals surface area contributed by atoms with Gasteiger partial charge in [-0.15, -0.1) is 0 Å². The summed E-state index contributed by atoms with van der Waals surface area (Å²) in [6.45, 7) is 2.27. The molecule has 3 rings (SSSR count). The lowest BCUT2D eigenvalue weighted by molar-refractivity contribution is 0.0946. The minimum Gasteiger partial charge on any atom is -0.493 e. The fourth-order valence-corrected chi connectivity index (χ4v) is 2.58. The molecule has 0 radical (unpaired) electrons. The lowest BCUT2D eigenvalue weighted by Gasteiger charge is -2.12. The molecular weight excluding hydrogens is 332 g/mol. The summed E-state index contributed by atoms with van der Waals surface area (Å²) in [5.41, 5.74) is 3.15. The lowest BCUT2D eigenvalue weighted by atomic mass is 10.1. The van der Waals surface area contributed by atoms with Crippen LogP contribution < -0.4 is 14.8 Å². The number of hydrogen-bond donors (Lipinski definition) is 1. The van der Waals surface area contributed by atoms with Gasteiger partial charge >= 0.3 is 0 Å². The first-order valence-corrected chi connectivity index (χ1v) is 8.14. The molecule has 0 spiro atoms. The van der Waals surface area contributed by atoms with Crippen LogP contribution in [0.4, 0.5) is 0 Å². The van der Waals surface area contributed by atoms with E-state index in [1.165, 1.54) is 19.8 Å². The van der Waals surface area contributed by atoms with Crippen LogP contribution in [0.3, 0.4) is 0 Å². The van der Waals surface area contributed by atoms with Crippen LogP contribution in [0.1, 0.15) is 21.6 Å². The Morgan fingerprint density at radius 1 is 1.12 bits per heavy atom. The molecule has 1 aromatic heterocycles. The summed E-state index contributed by atoms with van der Waals surface area (Å²) in [6, 6.07) is 14.9. The fourth-order valence-electron chi connectivity index (χ4n) is 2.58. The van der Waals surface area contributed by atoms with Crippen molar-refractivity contribution in [3.63, 3.8) is 0 Å². The highest BCUT2D eigenvalue weighted by Gasteiger charge is 2.16. The Hall–Kier alpha value is -3.28. The fraction of sp³-hybridized carbons (Fsp3) is 0.200. The number of amides is 1. The van der Waals surface area contributed by atoms with Gasteiger partial charge in [0.05, 0.1) is 26.3 Å². The van der Waals surface area contributed by atoms with Crippen molar-refractivity contribution in [2.24, 2.45) is 0 Å². The van der Waals surface area contributed by atoms with E-state index in [9.17, 15) is 4.79 Å². The second-order valence-electron chi connectivity index (χ2n) is 5.77. The number of carbonyl (C=O) groups excluding carboxylic acids is 1. The van der Waals surface area contributed by atoms with Crippen molar-refractivity contribution in [3.05, 3.63) is 65.4 Å². The number of benzene rings is 2. The van der Waals surface area contributed by atoms with Gasteiger partial charge in [0.25, 0.3) is 5.91 Å². The molecule has 0 fully saturated rings. The van der Waals surface area contributed by atoms with Gasteiger partial charge in [-0.2, -0.15) is 0 Å². The molecule has 3 aromatic rings. The number of aromatic nitrogens is 1. The first-order chi connectivity index (χ1) is 12.6. The third-order valence-electron chi connectivity index (χ3n) is 3.97. The topological polar surface area (TPSA) is 73.6 Å². The Morgan fingerprint density at radius 3 is 2.58 bits per heavy atom. The van der Waals surface area contributed by atoms with E-state index < -0.39 is 0 Å². The maximum absolute atomic E-state index is 12.5. The Morgan fingerprint density at radius 2 is 1.88 bits per heavy atom. The quantitative estimate of drug-likeness (QED) is 0.734. The summed E-state index contributed by atoms with van der Waals surface area (Å²) in [5, 5.41) is 6.83. The molecule has 1 heterocycles. The molecule has 0 aliphatic rings. The summed E-state index contributed by atoms with van der Waals surface area (Å²) in [4.78, 5) is 12.5. The van der Waals surface area contributed by atoms with Crippen LogP contribution in [-0.4, -0.2) is 25.3 Å². The van der Waals surface area contributed by atoms with Crippen LogP contribution in [0.2, 0.25) is 0 Å². The highest BCUT2D eigenvalue weighted by Crippen LogP contribution is 2.30. The number of methoxy groups -OCH3 is 2. The summed E-state index contributed by atoms with van der Waals surface area (Å²) in [5.74, 6) is 1.28. The summed E-state index contributed by atoms with van der Waals surface area (Å²) < 4.78 is 15.9. The van der Waals surface area contributed by atoms with E-state index in [1.807, 2.05) is 37.3 Å². The molecule has 6 heteroatoms. The van der Waals surface area contributed by atoms with Crippen LogP contribution in [0.5, 0.6) is 11.5 Å². The highest BCUT2D eigenvalue weighted by atomic mass is 16.5. The SMILES string of the molecule is COc1cccc(C(=O)NCc2cc(-c3ccc(C)cc3)on2)c1OC. The number of carbonyl (C=O) groups is 1. The first-order valence-electron chi connectivity index (χ1n) is 8.14. The zero-order valence-electron chi connectivity index (χ0n) is 14.9. The third-order valence-corrected chi connectivity index (χ3v) is 3.97. The van der Waals surface area contributed by atoms with Crippen molar-refractivity contribution in [1.82, 2.24) is 10.5 Å². The molecule has 0 unspecified atom stereocenters. The second kappa shape index (κ2) is 7.74. The van der Waals surface area contributed by atoms with E-state index in [0.717, 1.165) is 5.56 Å². The molecule has 1 amide bonds. The lowest BCUT2D eigenvalue weighted by Crippen LogP contribution is -2.23. The van der Waals surface area contributed by atoms with Crippen molar-refractivity contribution in [2.45, 2.75) is 13.5 Å². The van der Waals surface area contributed by atoms with Crippen LogP contribution in [-0.2, 0) is 6.54 Å². The van der Waals surface area contributed by atoms with Crippen LogP contribution in [0.15, 0.2) is 53.1 Å². The second-order valence-corrected chi connectivity index (χ2v) is 5.77. The predicted molar refractivity (Wildman–Crippen MR) is 97.4 cm³/mol. The van der Waals surface area contributed by atoms with Gasteiger partial charge in [-0.3, -0.25) is 4.79 Å². The van der Waals surface area contributed by atoms with E-state index in [-0.39, 0.29) is 12.5 Å². The van der Waals surface area contributed by atoms with E-state index in [4.69, 9.17) is 14.0 Å². The van der Waals surface area contributed by atoms with Gasteiger partial charge in [0.2, 0.25) is 0 Å². The third kappa shape index (κ3) is 3.69. The zero-order valence-corrected chi connectivity index (χ0v) is 14.9. The molecule has 134 valence electrons. The van der Waals surface area contributed by atoms with Gasteiger partial charge in [0.15, 0.2) is 17.3 Å². The van der Waals surface area contributed by atoms with Gasteiger partial charge in [-0.05, 0) is 19.1 Å². The highest BCUT2D eigenvalue weighted by molar-refractivity contribution is 5.97. The normalized spacial score (nSPS) is 10.4. The van der Waals surface area contributed by atoms with Crippen molar-refractivity contribution >= 4 is 5.91 Å². The van der Waals surface area contributed by atoms with Crippen molar-refractivity contribution in [3.8, 4) is 22.8 Å². The minimum atomic E-state index is -0.277. The first kappa shape index (κ1) is 17.5. The Balaban J connectivity index is 1.70. The van der Waals surface area contributed by atoms with E-state index in [0.29, 0.717) is 28.5 Å². The average molecular weight is 352 g/mol. The van der Waals surface area contributed by atoms with Gasteiger partial charge < -0.3 is 19.3 Å². The molecule has 0 saturated carbocycles. The zero-order chi connectivity index (χ0) is 18.5. The minimum absolute atomic E-state index is 0.245. The number of nitrogens with zero attached hydrogens (tertiary/aromatic N) is 1. The molecule has 0 saturated heterocycles. The molecule has 0 aliphatic heterocycles. The van der Waals surface area contributed by atoms with Crippen LogP contribution >= 0.6 is 0 Å². The average Bonchev–Trinajstić information content (AvgIpc) is 3.14. The summed E-state index contributed by atoms with van der Waals surface area (Å²) >= 11 is 0. The Bertz CT molecular complexity index is 900.